The lowest BCUT2D eigenvalue weighted by Gasteiger charge is -2.40. The largest absolute Gasteiger partial charge is 0.507 e. The third-order valence-electron chi connectivity index (χ3n) is 4.87. The smallest absolute Gasteiger partial charge is 0.451 e. The van der Waals surface area contributed by atoms with Crippen LogP contribution in [0.1, 0.15) is 33.5 Å². The Hall–Kier alpha value is -3.09. The summed E-state index contributed by atoms with van der Waals surface area (Å²) in [4.78, 5) is 32.6. The number of aryl methyl sites for hydroxylation is 2. The number of aromatic hydroxyl groups is 1. The number of H-pyrrole nitrogens is 1. The van der Waals surface area contributed by atoms with Crippen molar-refractivity contribution in [3.05, 3.63) is 41.0 Å². The minimum Gasteiger partial charge on any atom is -0.507 e. The third-order valence-corrected chi connectivity index (χ3v) is 4.87. The summed E-state index contributed by atoms with van der Waals surface area (Å²) in [5, 5.41) is 37.7. The summed E-state index contributed by atoms with van der Waals surface area (Å²) in [7, 11) is -1.57. The Kier molecular flexibility index (Phi) is 6.29. The maximum atomic E-state index is 12.5. The second kappa shape index (κ2) is 8.73. The molecule has 12 heteroatoms. The molecule has 1 aliphatic rings. The predicted molar refractivity (Wildman–Crippen MR) is 105 cm³/mol. The zero-order chi connectivity index (χ0) is 22.0. The molecule has 1 unspecified atom stereocenters. The lowest BCUT2D eigenvalue weighted by atomic mass is 9.82. The van der Waals surface area contributed by atoms with E-state index in [2.05, 4.69) is 9.97 Å². The van der Waals surface area contributed by atoms with Crippen LogP contribution in [0.15, 0.2) is 18.3 Å². The van der Waals surface area contributed by atoms with Gasteiger partial charge in [-0.1, -0.05) is 6.07 Å². The standard InChI is InChI=1S/C18H23BN4O7/c1-9-21-6-12(22-9)15(20)17(25)23-7-11(8-23)30-13-3-2-10(4-5-19(28)29)16(24)14(13)18(26)27/h2-3,6,11,15,24,28-29H,4-5,7-8,20H2,1H3,(H,21,22)(H,26,27). The number of imidazole rings is 1. The zero-order valence-electron chi connectivity index (χ0n) is 16.3. The lowest BCUT2D eigenvalue weighted by molar-refractivity contribution is -0.141. The first kappa shape index (κ1) is 21.6. The summed E-state index contributed by atoms with van der Waals surface area (Å²) in [6, 6.07) is 1.97. The number of ether oxygens (including phenoxy) is 1. The molecule has 1 aromatic heterocycles. The average molecular weight is 418 g/mol. The van der Waals surface area contributed by atoms with E-state index in [1.165, 1.54) is 17.0 Å². The van der Waals surface area contributed by atoms with Crippen LogP contribution in [0.25, 0.3) is 0 Å². The number of nitrogens with zero attached hydrogens (tertiary/aromatic N) is 2. The number of benzene rings is 1. The molecule has 160 valence electrons. The van der Waals surface area contributed by atoms with Gasteiger partial charge in [0.05, 0.1) is 18.8 Å². The minimum atomic E-state index is -1.57. The summed E-state index contributed by atoms with van der Waals surface area (Å²) >= 11 is 0. The normalized spacial score (nSPS) is 14.9. The van der Waals surface area contributed by atoms with E-state index >= 15 is 0 Å². The van der Waals surface area contributed by atoms with Gasteiger partial charge in [0, 0.05) is 6.20 Å². The molecule has 2 aromatic rings. The van der Waals surface area contributed by atoms with Crippen LogP contribution < -0.4 is 10.5 Å². The van der Waals surface area contributed by atoms with Crippen LogP contribution in [0, 0.1) is 6.92 Å². The highest BCUT2D eigenvalue weighted by atomic mass is 16.5. The van der Waals surface area contributed by atoms with Gasteiger partial charge < -0.3 is 40.6 Å². The van der Waals surface area contributed by atoms with Crippen LogP contribution in [0.4, 0.5) is 0 Å². The topological polar surface area (TPSA) is 182 Å². The van der Waals surface area contributed by atoms with Crippen molar-refractivity contribution in [1.29, 1.82) is 0 Å². The maximum absolute atomic E-state index is 12.5. The van der Waals surface area contributed by atoms with Gasteiger partial charge in [0.1, 0.15) is 35.0 Å². The number of amides is 1. The highest BCUT2D eigenvalue weighted by Crippen LogP contribution is 2.34. The van der Waals surface area contributed by atoms with Gasteiger partial charge in [-0.15, -0.1) is 0 Å². The predicted octanol–water partition coefficient (Wildman–Crippen LogP) is -0.573. The molecule has 1 aromatic carbocycles. The number of aromatic nitrogens is 2. The number of nitrogens with two attached hydrogens (primary N) is 1. The van der Waals surface area contributed by atoms with Gasteiger partial charge in [-0.05, 0) is 31.3 Å². The number of carbonyl (C=O) groups is 2. The Balaban J connectivity index is 1.64. The van der Waals surface area contributed by atoms with E-state index in [4.69, 9.17) is 20.5 Å². The molecule has 0 radical (unpaired) electrons. The van der Waals surface area contributed by atoms with Crippen molar-refractivity contribution < 1.29 is 34.6 Å². The molecule has 0 saturated carbocycles. The summed E-state index contributed by atoms with van der Waals surface area (Å²) in [6.45, 7) is 2.18. The van der Waals surface area contributed by atoms with Crippen LogP contribution in [0.5, 0.6) is 11.5 Å². The molecule has 11 nitrogen and oxygen atoms in total. The van der Waals surface area contributed by atoms with E-state index in [9.17, 15) is 19.8 Å². The molecule has 1 aliphatic heterocycles. The molecular weight excluding hydrogens is 395 g/mol. The number of hydrogen-bond donors (Lipinski definition) is 6. The number of aromatic carboxylic acids is 1. The molecule has 2 heterocycles. The number of nitrogens with one attached hydrogen (secondary N) is 1. The van der Waals surface area contributed by atoms with Crippen molar-refractivity contribution >= 4 is 19.0 Å². The molecule has 1 atom stereocenters. The fraction of sp³-hybridized carbons (Fsp3) is 0.389. The SMILES string of the molecule is Cc1nc(C(N)C(=O)N2CC(Oc3ccc(CCB(O)O)c(O)c3C(=O)O)C2)c[nH]1. The fourth-order valence-electron chi connectivity index (χ4n) is 3.20. The summed E-state index contributed by atoms with van der Waals surface area (Å²) in [5.74, 6) is -1.56. The second-order valence-corrected chi connectivity index (χ2v) is 7.14. The van der Waals surface area contributed by atoms with E-state index in [0.29, 0.717) is 11.5 Å². The Morgan fingerprint density at radius 3 is 2.67 bits per heavy atom. The van der Waals surface area contributed by atoms with E-state index in [-0.39, 0.29) is 43.1 Å². The number of carboxylic acids is 1. The molecule has 7 N–H and O–H groups in total. The second-order valence-electron chi connectivity index (χ2n) is 7.14. The Morgan fingerprint density at radius 2 is 2.10 bits per heavy atom. The fourth-order valence-corrected chi connectivity index (χ4v) is 3.20. The number of rotatable bonds is 8. The maximum Gasteiger partial charge on any atom is 0.451 e. The van der Waals surface area contributed by atoms with Crippen LogP contribution in [-0.2, 0) is 11.2 Å². The van der Waals surface area contributed by atoms with Gasteiger partial charge in [0.25, 0.3) is 0 Å². The van der Waals surface area contributed by atoms with Gasteiger partial charge in [0.15, 0.2) is 0 Å². The van der Waals surface area contributed by atoms with E-state index in [1.807, 2.05) is 0 Å². The number of carboxylic acid groups (broad SMARTS) is 1. The van der Waals surface area contributed by atoms with E-state index < -0.39 is 36.5 Å². The zero-order valence-corrected chi connectivity index (χ0v) is 16.3. The number of phenols is 1. The van der Waals surface area contributed by atoms with Crippen molar-refractivity contribution in [1.82, 2.24) is 14.9 Å². The van der Waals surface area contributed by atoms with Crippen LogP contribution >= 0.6 is 0 Å². The number of carbonyl (C=O) groups excluding carboxylic acids is 1. The van der Waals surface area contributed by atoms with Crippen molar-refractivity contribution in [3.63, 3.8) is 0 Å². The van der Waals surface area contributed by atoms with Gasteiger partial charge in [-0.25, -0.2) is 9.78 Å². The summed E-state index contributed by atoms with van der Waals surface area (Å²) in [5.41, 5.74) is 6.24. The molecular formula is C18H23BN4O7. The molecule has 3 rings (SSSR count). The minimum absolute atomic E-state index is 0.0300. The monoisotopic (exact) mass is 418 g/mol. The van der Waals surface area contributed by atoms with Gasteiger partial charge in [-0.3, -0.25) is 4.79 Å². The first-order valence-electron chi connectivity index (χ1n) is 9.34. The van der Waals surface area contributed by atoms with Crippen molar-refractivity contribution in [2.75, 3.05) is 13.1 Å². The van der Waals surface area contributed by atoms with Gasteiger partial charge >= 0.3 is 13.1 Å². The van der Waals surface area contributed by atoms with Crippen molar-refractivity contribution in [2.24, 2.45) is 5.73 Å². The van der Waals surface area contributed by atoms with E-state index in [1.54, 1.807) is 13.1 Å². The molecule has 1 amide bonds. The van der Waals surface area contributed by atoms with Gasteiger partial charge in [-0.2, -0.15) is 0 Å². The van der Waals surface area contributed by atoms with E-state index in [0.717, 1.165) is 0 Å². The van der Waals surface area contributed by atoms with Crippen LogP contribution in [0.3, 0.4) is 0 Å². The summed E-state index contributed by atoms with van der Waals surface area (Å²) in [6.07, 6.45) is 1.15. The number of aromatic amines is 1. The van der Waals surface area contributed by atoms with Crippen LogP contribution in [-0.4, -0.2) is 73.3 Å². The van der Waals surface area contributed by atoms with Crippen molar-refractivity contribution in [3.8, 4) is 11.5 Å². The Morgan fingerprint density at radius 1 is 1.40 bits per heavy atom. The number of hydrogen-bond acceptors (Lipinski definition) is 8. The van der Waals surface area contributed by atoms with Crippen molar-refractivity contribution in [2.45, 2.75) is 31.8 Å². The molecule has 0 spiro atoms. The quantitative estimate of drug-likeness (QED) is 0.306. The Bertz CT molecular complexity index is 943. The van der Waals surface area contributed by atoms with Crippen LogP contribution in [0.2, 0.25) is 6.32 Å². The average Bonchev–Trinajstić information content (AvgIpc) is 3.08. The highest BCUT2D eigenvalue weighted by Gasteiger charge is 2.36. The Labute approximate surface area is 172 Å². The first-order chi connectivity index (χ1) is 14.2. The molecule has 1 fully saturated rings. The molecule has 30 heavy (non-hydrogen) atoms. The lowest BCUT2D eigenvalue weighted by Crippen LogP contribution is -2.58. The highest BCUT2D eigenvalue weighted by molar-refractivity contribution is 6.41. The molecule has 1 saturated heterocycles. The third kappa shape index (κ3) is 4.56. The van der Waals surface area contributed by atoms with Gasteiger partial charge in [0.2, 0.25) is 5.91 Å². The first-order valence-corrected chi connectivity index (χ1v) is 9.34. The molecule has 0 bridgehead atoms. The number of likely N-dealkylation sites (tertiary alicyclic amines) is 1. The molecule has 0 aliphatic carbocycles. The summed E-state index contributed by atoms with van der Waals surface area (Å²) < 4.78 is 5.68.